The molecule has 0 fully saturated rings. The van der Waals surface area contributed by atoms with Crippen molar-refractivity contribution in [1.29, 1.82) is 0 Å². The summed E-state index contributed by atoms with van der Waals surface area (Å²) in [7, 11) is 1.46. The topological polar surface area (TPSA) is 85.2 Å². The van der Waals surface area contributed by atoms with E-state index in [2.05, 4.69) is 4.99 Å². The summed E-state index contributed by atoms with van der Waals surface area (Å²) in [4.78, 5) is 27.7. The number of hydrogen-bond donors (Lipinski definition) is 1. The second-order valence-corrected chi connectivity index (χ2v) is 6.52. The molecule has 152 valence electrons. The van der Waals surface area contributed by atoms with Crippen LogP contribution in [0.3, 0.4) is 0 Å². The lowest BCUT2D eigenvalue weighted by molar-refractivity contribution is -0.139. The van der Waals surface area contributed by atoms with Crippen molar-refractivity contribution in [3.8, 4) is 11.5 Å². The van der Waals surface area contributed by atoms with Gasteiger partial charge in [0.1, 0.15) is 6.04 Å². The first-order valence-electron chi connectivity index (χ1n) is 9.33. The van der Waals surface area contributed by atoms with Crippen LogP contribution in [-0.2, 0) is 9.59 Å². The van der Waals surface area contributed by atoms with Crippen molar-refractivity contribution in [2.75, 3.05) is 7.11 Å². The van der Waals surface area contributed by atoms with Gasteiger partial charge < -0.3 is 14.6 Å². The van der Waals surface area contributed by atoms with E-state index in [0.29, 0.717) is 17.7 Å². The highest BCUT2D eigenvalue weighted by Gasteiger charge is 2.21. The third-order valence-electron chi connectivity index (χ3n) is 4.43. The van der Waals surface area contributed by atoms with E-state index in [1.54, 1.807) is 24.3 Å². The number of carbonyl (C=O) groups is 2. The molecule has 0 aromatic heterocycles. The molecule has 2 unspecified atom stereocenters. The summed E-state index contributed by atoms with van der Waals surface area (Å²) in [6.45, 7) is 3.77. The highest BCUT2D eigenvalue weighted by atomic mass is 16.6. The normalized spacial score (nSPS) is 13.3. The minimum Gasteiger partial charge on any atom is -0.493 e. The molecule has 1 N–H and O–H groups in total. The number of carboxylic acids is 1. The summed E-state index contributed by atoms with van der Waals surface area (Å²) in [5, 5.41) is 9.33. The second kappa shape index (κ2) is 10.8. The van der Waals surface area contributed by atoms with E-state index in [-0.39, 0.29) is 11.7 Å². The first-order valence-corrected chi connectivity index (χ1v) is 9.33. The van der Waals surface area contributed by atoms with Crippen LogP contribution in [0.25, 0.3) is 6.08 Å². The number of nitrogens with zero attached hydrogens (tertiary/aromatic N) is 1. The van der Waals surface area contributed by atoms with Crippen LogP contribution in [0.1, 0.15) is 31.4 Å². The molecule has 2 atom stereocenters. The van der Waals surface area contributed by atoms with Gasteiger partial charge in [-0.25, -0.2) is 9.59 Å². The molecule has 0 saturated carbocycles. The molecule has 6 nitrogen and oxygen atoms in total. The Hall–Kier alpha value is -3.41. The van der Waals surface area contributed by atoms with Crippen molar-refractivity contribution in [2.24, 2.45) is 10.9 Å². The SMILES string of the molecule is CCC(C)C(/N=C/c1ccc(OC(=O)/C=C/c2ccccc2)c(OC)c1)C(=O)O. The zero-order valence-electron chi connectivity index (χ0n) is 16.7. The number of carbonyl (C=O) groups excluding carboxylic acids is 1. The fourth-order valence-corrected chi connectivity index (χ4v) is 2.56. The lowest BCUT2D eigenvalue weighted by Crippen LogP contribution is -2.25. The smallest absolute Gasteiger partial charge is 0.336 e. The predicted molar refractivity (Wildman–Crippen MR) is 113 cm³/mol. The fraction of sp³-hybridized carbons (Fsp3) is 0.261. The molecular formula is C23H25NO5. The molecule has 0 spiro atoms. The molecule has 2 rings (SSSR count). The maximum Gasteiger partial charge on any atom is 0.336 e. The van der Waals surface area contributed by atoms with Gasteiger partial charge in [-0.2, -0.15) is 0 Å². The first kappa shape index (κ1) is 21.9. The molecule has 6 heteroatoms. The summed E-state index contributed by atoms with van der Waals surface area (Å²) in [6.07, 6.45) is 5.21. The van der Waals surface area contributed by atoms with Crippen LogP contribution in [0.5, 0.6) is 11.5 Å². The lowest BCUT2D eigenvalue weighted by Gasteiger charge is -2.14. The van der Waals surface area contributed by atoms with Crippen molar-refractivity contribution < 1.29 is 24.2 Å². The summed E-state index contributed by atoms with van der Waals surface area (Å²) in [5.74, 6) is -0.952. The molecule has 0 amide bonds. The molecular weight excluding hydrogens is 370 g/mol. The second-order valence-electron chi connectivity index (χ2n) is 6.52. The van der Waals surface area contributed by atoms with Crippen molar-refractivity contribution in [2.45, 2.75) is 26.3 Å². The molecule has 2 aromatic carbocycles. The third kappa shape index (κ3) is 6.60. The van der Waals surface area contributed by atoms with E-state index in [1.165, 1.54) is 19.4 Å². The summed E-state index contributed by atoms with van der Waals surface area (Å²) in [6, 6.07) is 13.5. The number of aliphatic carboxylic acids is 1. The van der Waals surface area contributed by atoms with Gasteiger partial charge in [-0.05, 0) is 41.3 Å². The Morgan fingerprint density at radius 3 is 2.45 bits per heavy atom. The van der Waals surface area contributed by atoms with E-state index in [9.17, 15) is 14.7 Å². The Bertz CT molecular complexity index is 889. The summed E-state index contributed by atoms with van der Waals surface area (Å²) < 4.78 is 10.6. The van der Waals surface area contributed by atoms with E-state index < -0.39 is 18.0 Å². The Morgan fingerprint density at radius 2 is 1.83 bits per heavy atom. The van der Waals surface area contributed by atoms with Crippen LogP contribution in [0.4, 0.5) is 0 Å². The van der Waals surface area contributed by atoms with Crippen LogP contribution in [-0.4, -0.2) is 36.4 Å². The number of aliphatic imine (C=N–C) groups is 1. The van der Waals surface area contributed by atoms with Crippen LogP contribution in [0.2, 0.25) is 0 Å². The van der Waals surface area contributed by atoms with Gasteiger partial charge in [0.15, 0.2) is 11.5 Å². The molecule has 0 aliphatic heterocycles. The standard InChI is InChI=1S/C23H25NO5/c1-4-16(2)22(23(26)27)24-15-18-10-12-19(20(14-18)28-3)29-21(25)13-11-17-8-6-5-7-9-17/h5-16,22H,4H2,1-3H3,(H,26,27)/b13-11+,24-15+. The Morgan fingerprint density at radius 1 is 1.10 bits per heavy atom. The van der Waals surface area contributed by atoms with Gasteiger partial charge in [-0.3, -0.25) is 4.99 Å². The zero-order valence-corrected chi connectivity index (χ0v) is 16.7. The molecule has 0 radical (unpaired) electrons. The van der Waals surface area contributed by atoms with Gasteiger partial charge in [0, 0.05) is 12.3 Å². The Labute approximate surface area is 170 Å². The Kier molecular flexibility index (Phi) is 8.15. The van der Waals surface area contributed by atoms with Crippen molar-refractivity contribution >= 4 is 24.2 Å². The third-order valence-corrected chi connectivity index (χ3v) is 4.43. The van der Waals surface area contributed by atoms with Gasteiger partial charge >= 0.3 is 11.9 Å². The van der Waals surface area contributed by atoms with Gasteiger partial charge in [0.2, 0.25) is 0 Å². The van der Waals surface area contributed by atoms with Crippen LogP contribution < -0.4 is 9.47 Å². The minimum atomic E-state index is -0.960. The van der Waals surface area contributed by atoms with E-state index in [4.69, 9.17) is 9.47 Å². The quantitative estimate of drug-likeness (QED) is 0.297. The van der Waals surface area contributed by atoms with E-state index in [0.717, 1.165) is 5.56 Å². The first-order chi connectivity index (χ1) is 13.9. The number of hydrogen-bond acceptors (Lipinski definition) is 5. The number of rotatable bonds is 9. The Balaban J connectivity index is 2.11. The molecule has 29 heavy (non-hydrogen) atoms. The summed E-state index contributed by atoms with van der Waals surface area (Å²) >= 11 is 0. The highest BCUT2D eigenvalue weighted by molar-refractivity contribution is 5.89. The number of ether oxygens (including phenoxy) is 2. The maximum absolute atomic E-state index is 12.1. The number of carboxylic acid groups (broad SMARTS) is 1. The van der Waals surface area contributed by atoms with Crippen LogP contribution in [0, 0.1) is 5.92 Å². The fourth-order valence-electron chi connectivity index (χ4n) is 2.56. The largest absolute Gasteiger partial charge is 0.493 e. The molecule has 0 saturated heterocycles. The van der Waals surface area contributed by atoms with Crippen molar-refractivity contribution in [1.82, 2.24) is 0 Å². The van der Waals surface area contributed by atoms with Gasteiger partial charge in [-0.1, -0.05) is 50.6 Å². The van der Waals surface area contributed by atoms with Gasteiger partial charge in [0.25, 0.3) is 0 Å². The van der Waals surface area contributed by atoms with Crippen LogP contribution >= 0.6 is 0 Å². The lowest BCUT2D eigenvalue weighted by atomic mass is 10.00. The average molecular weight is 395 g/mol. The molecule has 0 aliphatic rings. The number of benzene rings is 2. The van der Waals surface area contributed by atoms with Gasteiger partial charge in [0.05, 0.1) is 7.11 Å². The van der Waals surface area contributed by atoms with Crippen molar-refractivity contribution in [3.05, 3.63) is 65.7 Å². The molecule has 0 heterocycles. The van der Waals surface area contributed by atoms with E-state index >= 15 is 0 Å². The van der Waals surface area contributed by atoms with Crippen LogP contribution in [0.15, 0.2) is 59.6 Å². The predicted octanol–water partition coefficient (Wildman–Crippen LogP) is 4.23. The molecule has 0 bridgehead atoms. The maximum atomic E-state index is 12.1. The average Bonchev–Trinajstić information content (AvgIpc) is 2.73. The molecule has 2 aromatic rings. The molecule has 0 aliphatic carbocycles. The summed E-state index contributed by atoms with van der Waals surface area (Å²) in [5.41, 5.74) is 1.54. The highest BCUT2D eigenvalue weighted by Crippen LogP contribution is 2.28. The van der Waals surface area contributed by atoms with Gasteiger partial charge in [-0.15, -0.1) is 0 Å². The van der Waals surface area contributed by atoms with Crippen molar-refractivity contribution in [3.63, 3.8) is 0 Å². The zero-order chi connectivity index (χ0) is 21.2. The number of methoxy groups -OCH3 is 1. The monoisotopic (exact) mass is 395 g/mol. The number of esters is 1. The minimum absolute atomic E-state index is 0.0812. The van der Waals surface area contributed by atoms with E-state index in [1.807, 2.05) is 44.2 Å².